The summed E-state index contributed by atoms with van der Waals surface area (Å²) in [5, 5.41) is 1.57. The van der Waals surface area contributed by atoms with Crippen LogP contribution < -0.4 is 21.8 Å². The van der Waals surface area contributed by atoms with E-state index in [9.17, 15) is 13.6 Å². The number of hydrazine groups is 3. The lowest BCUT2D eigenvalue weighted by Crippen LogP contribution is -2.65. The van der Waals surface area contributed by atoms with Gasteiger partial charge in [0.1, 0.15) is 5.38 Å². The second-order valence-electron chi connectivity index (χ2n) is 8.25. The molecule has 3 heterocycles. The monoisotopic (exact) mass is 406 g/mol. The second kappa shape index (κ2) is 8.42. The van der Waals surface area contributed by atoms with E-state index < -0.39 is 17.7 Å². The van der Waals surface area contributed by atoms with Crippen molar-refractivity contribution >= 4 is 17.5 Å². The number of carbonyl (C=O) groups is 1. The largest absolute Gasteiger partial charge is 0.295 e. The van der Waals surface area contributed by atoms with Crippen LogP contribution >= 0.6 is 11.6 Å². The zero-order chi connectivity index (χ0) is 19.0. The highest BCUT2D eigenvalue weighted by Gasteiger charge is 2.44. The van der Waals surface area contributed by atoms with Crippen molar-refractivity contribution in [2.24, 2.45) is 11.8 Å². The molecule has 0 bridgehead atoms. The maximum atomic E-state index is 13.4. The fourth-order valence-corrected chi connectivity index (χ4v) is 5.47. The Balaban J connectivity index is 1.34. The first-order chi connectivity index (χ1) is 13.0. The van der Waals surface area contributed by atoms with Crippen LogP contribution in [-0.4, -0.2) is 71.9 Å². The van der Waals surface area contributed by atoms with Crippen molar-refractivity contribution in [1.82, 2.24) is 31.7 Å². The maximum Gasteiger partial charge on any atom is 0.253 e. The average Bonchev–Trinajstić information content (AvgIpc) is 3.06. The first kappa shape index (κ1) is 19.7. The molecule has 0 aromatic carbocycles. The Morgan fingerprint density at radius 2 is 2.00 bits per heavy atom. The highest BCUT2D eigenvalue weighted by Crippen LogP contribution is 2.36. The number of alkyl halides is 3. The predicted molar refractivity (Wildman–Crippen MR) is 97.8 cm³/mol. The van der Waals surface area contributed by atoms with Crippen LogP contribution in [0.4, 0.5) is 8.78 Å². The second-order valence-corrected chi connectivity index (χ2v) is 8.72. The quantitative estimate of drug-likeness (QED) is 0.508. The Morgan fingerprint density at radius 3 is 2.81 bits per heavy atom. The van der Waals surface area contributed by atoms with Crippen LogP contribution in [-0.2, 0) is 4.79 Å². The lowest BCUT2D eigenvalue weighted by molar-refractivity contribution is -0.125. The molecule has 1 aliphatic carbocycles. The number of halogens is 3. The maximum absolute atomic E-state index is 13.4. The van der Waals surface area contributed by atoms with Gasteiger partial charge in [-0.2, -0.15) is 5.53 Å². The van der Waals surface area contributed by atoms with Gasteiger partial charge in [-0.15, -0.1) is 11.6 Å². The molecule has 0 aromatic heterocycles. The molecule has 3 aliphatic heterocycles. The minimum atomic E-state index is -2.23. The molecule has 0 aromatic rings. The Labute approximate surface area is 163 Å². The van der Waals surface area contributed by atoms with Gasteiger partial charge < -0.3 is 0 Å². The fourth-order valence-electron chi connectivity index (χ4n) is 5.16. The van der Waals surface area contributed by atoms with Gasteiger partial charge in [-0.1, -0.05) is 12.8 Å². The van der Waals surface area contributed by atoms with Gasteiger partial charge in [-0.25, -0.2) is 24.6 Å². The third-order valence-electron chi connectivity index (χ3n) is 6.70. The van der Waals surface area contributed by atoms with Gasteiger partial charge in [0.2, 0.25) is 6.43 Å². The third kappa shape index (κ3) is 4.09. The standard InChI is InChI=1S/C17H29ClF2N6O/c18-15-14(7-21-23-17(15)27)25-6-5-13-12(9-25)22-24-26(13)8-10-3-1-2-4-11(10)16(19)20/h10-16,21-22,24H,1-9H2,(H,23,27). The number of nitrogens with zero attached hydrogens (tertiary/aromatic N) is 2. The van der Waals surface area contributed by atoms with Crippen LogP contribution in [0.2, 0.25) is 0 Å². The Kier molecular flexibility index (Phi) is 6.15. The van der Waals surface area contributed by atoms with Gasteiger partial charge in [0.15, 0.2) is 0 Å². The van der Waals surface area contributed by atoms with Crippen molar-refractivity contribution in [3.8, 4) is 0 Å². The van der Waals surface area contributed by atoms with Gasteiger partial charge in [0.25, 0.3) is 5.91 Å². The fraction of sp³-hybridized carbons (Fsp3) is 0.941. The summed E-state index contributed by atoms with van der Waals surface area (Å²) in [6.45, 7) is 2.90. The molecule has 6 unspecified atom stereocenters. The highest BCUT2D eigenvalue weighted by atomic mass is 35.5. The molecule has 0 radical (unpaired) electrons. The van der Waals surface area contributed by atoms with Gasteiger partial charge in [-0.3, -0.25) is 15.1 Å². The first-order valence-electron chi connectivity index (χ1n) is 10.0. The van der Waals surface area contributed by atoms with Crippen molar-refractivity contribution in [1.29, 1.82) is 0 Å². The number of hydrogen-bond acceptors (Lipinski definition) is 6. The molecule has 4 N–H and O–H groups in total. The lowest BCUT2D eigenvalue weighted by atomic mass is 9.79. The molecule has 3 saturated heterocycles. The summed E-state index contributed by atoms with van der Waals surface area (Å²) in [7, 11) is 0. The van der Waals surface area contributed by atoms with Gasteiger partial charge in [0.05, 0.1) is 6.04 Å². The SMILES string of the molecule is O=C1NNCC(N2CCC3C(C2)NNN3CC2CCCCC2C(F)F)C1Cl. The number of carbonyl (C=O) groups excluding carboxylic acids is 1. The molecule has 1 amide bonds. The van der Waals surface area contributed by atoms with Crippen LogP contribution in [0, 0.1) is 11.8 Å². The molecular formula is C17H29ClF2N6O. The number of rotatable bonds is 4. The number of piperidine rings is 1. The molecule has 27 heavy (non-hydrogen) atoms. The van der Waals surface area contributed by atoms with Crippen molar-refractivity contribution in [2.45, 2.75) is 62.0 Å². The Bertz CT molecular complexity index is 544. The summed E-state index contributed by atoms with van der Waals surface area (Å²) < 4.78 is 26.8. The molecule has 6 atom stereocenters. The Morgan fingerprint density at radius 1 is 1.19 bits per heavy atom. The molecule has 10 heteroatoms. The number of fused-ring (bicyclic) bond motifs is 1. The zero-order valence-corrected chi connectivity index (χ0v) is 16.1. The summed E-state index contributed by atoms with van der Waals surface area (Å²) in [5.74, 6) is -0.628. The summed E-state index contributed by atoms with van der Waals surface area (Å²) in [4.78, 5) is 14.1. The summed E-state index contributed by atoms with van der Waals surface area (Å²) >= 11 is 6.30. The van der Waals surface area contributed by atoms with E-state index in [0.717, 1.165) is 38.8 Å². The van der Waals surface area contributed by atoms with E-state index in [-0.39, 0.29) is 30.0 Å². The van der Waals surface area contributed by atoms with Gasteiger partial charge >= 0.3 is 0 Å². The summed E-state index contributed by atoms with van der Waals surface area (Å²) in [6, 6.07) is 0.431. The normalized spacial score (nSPS) is 41.6. The van der Waals surface area contributed by atoms with E-state index in [1.165, 1.54) is 0 Å². The van der Waals surface area contributed by atoms with E-state index in [1.807, 2.05) is 0 Å². The Hall–Kier alpha value is -0.580. The van der Waals surface area contributed by atoms with Crippen LogP contribution in [0.3, 0.4) is 0 Å². The molecule has 4 aliphatic rings. The summed E-state index contributed by atoms with van der Waals surface area (Å²) in [6.07, 6.45) is 2.17. The minimum absolute atomic E-state index is 0.0428. The average molecular weight is 407 g/mol. The minimum Gasteiger partial charge on any atom is -0.295 e. The molecule has 1 saturated carbocycles. The molecule has 7 nitrogen and oxygen atoms in total. The predicted octanol–water partition coefficient (Wildman–Crippen LogP) is 0.436. The first-order valence-corrected chi connectivity index (χ1v) is 10.4. The van der Waals surface area contributed by atoms with Crippen molar-refractivity contribution in [3.63, 3.8) is 0 Å². The van der Waals surface area contributed by atoms with Crippen LogP contribution in [0.15, 0.2) is 0 Å². The smallest absolute Gasteiger partial charge is 0.253 e. The molecule has 154 valence electrons. The number of amides is 1. The molecule has 4 rings (SSSR count). The third-order valence-corrected chi connectivity index (χ3v) is 7.19. The van der Waals surface area contributed by atoms with Crippen LogP contribution in [0.1, 0.15) is 32.1 Å². The molecule has 0 spiro atoms. The number of nitrogens with one attached hydrogen (secondary N) is 4. The highest BCUT2D eigenvalue weighted by molar-refractivity contribution is 6.31. The lowest BCUT2D eigenvalue weighted by Gasteiger charge is -2.43. The van der Waals surface area contributed by atoms with Crippen molar-refractivity contribution in [3.05, 3.63) is 0 Å². The van der Waals surface area contributed by atoms with Crippen LogP contribution in [0.25, 0.3) is 0 Å². The van der Waals surface area contributed by atoms with Crippen LogP contribution in [0.5, 0.6) is 0 Å². The van der Waals surface area contributed by atoms with E-state index in [2.05, 4.69) is 31.7 Å². The van der Waals surface area contributed by atoms with Gasteiger partial charge in [-0.05, 0) is 25.2 Å². The number of likely N-dealkylation sites (tertiary alicyclic amines) is 1. The molecule has 4 fully saturated rings. The topological polar surface area (TPSA) is 71.7 Å². The van der Waals surface area contributed by atoms with Crippen molar-refractivity contribution < 1.29 is 13.6 Å². The van der Waals surface area contributed by atoms with Crippen molar-refractivity contribution in [2.75, 3.05) is 26.2 Å². The van der Waals surface area contributed by atoms with Gasteiger partial charge in [0, 0.05) is 44.2 Å². The van der Waals surface area contributed by atoms with E-state index in [4.69, 9.17) is 11.6 Å². The molecular weight excluding hydrogens is 378 g/mol. The zero-order valence-electron chi connectivity index (χ0n) is 15.3. The van der Waals surface area contributed by atoms with E-state index >= 15 is 0 Å². The summed E-state index contributed by atoms with van der Waals surface area (Å²) in [5.41, 5.74) is 12.0. The van der Waals surface area contributed by atoms with E-state index in [0.29, 0.717) is 19.5 Å². The van der Waals surface area contributed by atoms with E-state index in [1.54, 1.807) is 0 Å². The number of hydrogen-bond donors (Lipinski definition) is 4.